The Kier molecular flexibility index (Phi) is 3.42. The van der Waals surface area contributed by atoms with Gasteiger partial charge in [0.2, 0.25) is 0 Å². The highest BCUT2D eigenvalue weighted by molar-refractivity contribution is 5.89. The van der Waals surface area contributed by atoms with Gasteiger partial charge in [0.1, 0.15) is 17.2 Å². The summed E-state index contributed by atoms with van der Waals surface area (Å²) in [5, 5.41) is 7.78. The second-order valence-electron chi connectivity index (χ2n) is 5.81. The average molecular weight is 312 g/mol. The van der Waals surface area contributed by atoms with Crippen molar-refractivity contribution in [2.24, 2.45) is 11.7 Å². The monoisotopic (exact) mass is 312 g/mol. The summed E-state index contributed by atoms with van der Waals surface area (Å²) in [6, 6.07) is 6.82. The van der Waals surface area contributed by atoms with Crippen molar-refractivity contribution < 1.29 is 4.39 Å². The Morgan fingerprint density at radius 3 is 3.04 bits per heavy atom. The highest BCUT2D eigenvalue weighted by atomic mass is 19.1. The number of aromatic nitrogens is 4. The standard InChI is InChI=1S/C16H17FN6/c17-12-3-4-13(23-7-5-10(8-18)9-23)20-15(12)14-11-2-1-6-19-16(11)22-21-14/h1-4,6,10H,5,7-9,18H2,(H,19,21,22). The van der Waals surface area contributed by atoms with Gasteiger partial charge in [-0.2, -0.15) is 5.10 Å². The largest absolute Gasteiger partial charge is 0.356 e. The number of H-pyrrole nitrogens is 1. The molecule has 1 aliphatic heterocycles. The van der Waals surface area contributed by atoms with Crippen LogP contribution in [0.3, 0.4) is 0 Å². The molecule has 1 unspecified atom stereocenters. The first kappa shape index (κ1) is 14.1. The maximum atomic E-state index is 14.3. The van der Waals surface area contributed by atoms with E-state index < -0.39 is 0 Å². The summed E-state index contributed by atoms with van der Waals surface area (Å²) in [4.78, 5) is 10.8. The molecule has 0 saturated carbocycles. The molecule has 23 heavy (non-hydrogen) atoms. The zero-order valence-corrected chi connectivity index (χ0v) is 12.5. The van der Waals surface area contributed by atoms with E-state index in [4.69, 9.17) is 5.73 Å². The average Bonchev–Trinajstić information content (AvgIpc) is 3.22. The van der Waals surface area contributed by atoms with E-state index in [2.05, 4.69) is 25.1 Å². The molecule has 0 bridgehead atoms. The van der Waals surface area contributed by atoms with E-state index in [9.17, 15) is 4.39 Å². The number of halogens is 1. The molecule has 0 radical (unpaired) electrons. The minimum atomic E-state index is -0.388. The van der Waals surface area contributed by atoms with Crippen molar-refractivity contribution in [3.05, 3.63) is 36.3 Å². The van der Waals surface area contributed by atoms with Gasteiger partial charge in [0, 0.05) is 24.7 Å². The van der Waals surface area contributed by atoms with Crippen LogP contribution in [-0.4, -0.2) is 39.8 Å². The van der Waals surface area contributed by atoms with E-state index >= 15 is 0 Å². The number of anilines is 1. The third-order valence-corrected chi connectivity index (χ3v) is 4.34. The molecule has 118 valence electrons. The molecule has 0 spiro atoms. The Labute approximate surface area is 132 Å². The van der Waals surface area contributed by atoms with Crippen molar-refractivity contribution in [2.45, 2.75) is 6.42 Å². The maximum absolute atomic E-state index is 14.3. The number of fused-ring (bicyclic) bond motifs is 1. The van der Waals surface area contributed by atoms with Crippen LogP contribution in [0, 0.1) is 11.7 Å². The van der Waals surface area contributed by atoms with Gasteiger partial charge >= 0.3 is 0 Å². The van der Waals surface area contributed by atoms with Crippen LogP contribution in [0.5, 0.6) is 0 Å². The normalized spacial score (nSPS) is 18.0. The smallest absolute Gasteiger partial charge is 0.155 e. The van der Waals surface area contributed by atoms with Gasteiger partial charge in [-0.3, -0.25) is 5.10 Å². The van der Waals surface area contributed by atoms with Crippen LogP contribution >= 0.6 is 0 Å². The van der Waals surface area contributed by atoms with E-state index in [0.717, 1.165) is 30.7 Å². The Morgan fingerprint density at radius 2 is 2.22 bits per heavy atom. The van der Waals surface area contributed by atoms with Gasteiger partial charge in [-0.1, -0.05) is 0 Å². The molecule has 0 aliphatic carbocycles. The Balaban J connectivity index is 1.76. The lowest BCUT2D eigenvalue weighted by molar-refractivity contribution is 0.601. The molecule has 3 N–H and O–H groups in total. The first-order chi connectivity index (χ1) is 11.3. The van der Waals surface area contributed by atoms with E-state index in [1.54, 1.807) is 18.3 Å². The second-order valence-corrected chi connectivity index (χ2v) is 5.81. The molecule has 4 heterocycles. The van der Waals surface area contributed by atoms with Crippen molar-refractivity contribution in [1.29, 1.82) is 0 Å². The molecule has 4 rings (SSSR count). The fourth-order valence-electron chi connectivity index (χ4n) is 3.04. The van der Waals surface area contributed by atoms with Gasteiger partial charge in [-0.05, 0) is 43.1 Å². The molecule has 0 aromatic carbocycles. The van der Waals surface area contributed by atoms with Crippen LogP contribution in [0.25, 0.3) is 22.4 Å². The van der Waals surface area contributed by atoms with Crippen LogP contribution in [0.1, 0.15) is 6.42 Å². The summed E-state index contributed by atoms with van der Waals surface area (Å²) in [5.41, 5.74) is 7.10. The van der Waals surface area contributed by atoms with Crippen molar-refractivity contribution in [1.82, 2.24) is 20.2 Å². The molecule has 1 fully saturated rings. The summed E-state index contributed by atoms with van der Waals surface area (Å²) in [6.07, 6.45) is 2.71. The summed E-state index contributed by atoms with van der Waals surface area (Å²) < 4.78 is 14.3. The number of hydrogen-bond donors (Lipinski definition) is 2. The molecule has 6 nitrogen and oxygen atoms in total. The minimum Gasteiger partial charge on any atom is -0.356 e. The lowest BCUT2D eigenvalue weighted by atomic mass is 10.1. The number of aromatic amines is 1. The van der Waals surface area contributed by atoms with Gasteiger partial charge in [0.15, 0.2) is 11.5 Å². The number of pyridine rings is 2. The van der Waals surface area contributed by atoms with E-state index in [-0.39, 0.29) is 11.5 Å². The van der Waals surface area contributed by atoms with Crippen LogP contribution in [0.15, 0.2) is 30.5 Å². The summed E-state index contributed by atoms with van der Waals surface area (Å²) in [7, 11) is 0. The molecular formula is C16H17FN6. The topological polar surface area (TPSA) is 83.7 Å². The minimum absolute atomic E-state index is 0.248. The molecule has 1 atom stereocenters. The van der Waals surface area contributed by atoms with Crippen LogP contribution in [-0.2, 0) is 0 Å². The highest BCUT2D eigenvalue weighted by Gasteiger charge is 2.24. The quantitative estimate of drug-likeness (QED) is 0.772. The van der Waals surface area contributed by atoms with Gasteiger partial charge in [0.05, 0.1) is 0 Å². The van der Waals surface area contributed by atoms with Crippen LogP contribution in [0.2, 0.25) is 0 Å². The summed E-state index contributed by atoms with van der Waals surface area (Å²) >= 11 is 0. The van der Waals surface area contributed by atoms with Gasteiger partial charge in [-0.25, -0.2) is 14.4 Å². The summed E-state index contributed by atoms with van der Waals surface area (Å²) in [5.74, 6) is 0.846. The third kappa shape index (κ3) is 2.43. The van der Waals surface area contributed by atoms with Crippen molar-refractivity contribution in [2.75, 3.05) is 24.5 Å². The lowest BCUT2D eigenvalue weighted by Crippen LogP contribution is -2.23. The molecule has 0 amide bonds. The predicted molar refractivity (Wildman–Crippen MR) is 86.5 cm³/mol. The third-order valence-electron chi connectivity index (χ3n) is 4.34. The summed E-state index contributed by atoms with van der Waals surface area (Å²) in [6.45, 7) is 2.42. The maximum Gasteiger partial charge on any atom is 0.155 e. The van der Waals surface area contributed by atoms with E-state index in [0.29, 0.717) is 23.8 Å². The number of nitrogens with one attached hydrogen (secondary N) is 1. The van der Waals surface area contributed by atoms with Gasteiger partial charge in [-0.15, -0.1) is 0 Å². The number of hydrogen-bond acceptors (Lipinski definition) is 5. The molecule has 1 aliphatic rings. The zero-order chi connectivity index (χ0) is 15.8. The Bertz CT molecular complexity index is 845. The molecule has 3 aromatic rings. The predicted octanol–water partition coefficient (Wildman–Crippen LogP) is 1.94. The first-order valence-electron chi connectivity index (χ1n) is 7.67. The van der Waals surface area contributed by atoms with Gasteiger partial charge in [0.25, 0.3) is 0 Å². The fraction of sp³-hybridized carbons (Fsp3) is 0.312. The number of rotatable bonds is 3. The lowest BCUT2D eigenvalue weighted by Gasteiger charge is -2.18. The van der Waals surface area contributed by atoms with Crippen molar-refractivity contribution >= 4 is 16.9 Å². The molecule has 3 aromatic heterocycles. The molecule has 1 saturated heterocycles. The second kappa shape index (κ2) is 5.58. The Hall–Kier alpha value is -2.54. The Morgan fingerprint density at radius 1 is 1.30 bits per heavy atom. The molecule has 7 heteroatoms. The fourth-order valence-corrected chi connectivity index (χ4v) is 3.04. The zero-order valence-electron chi connectivity index (χ0n) is 12.5. The van der Waals surface area contributed by atoms with Gasteiger partial charge < -0.3 is 10.6 Å². The molecular weight excluding hydrogens is 295 g/mol. The van der Waals surface area contributed by atoms with Crippen molar-refractivity contribution in [3.8, 4) is 11.4 Å². The van der Waals surface area contributed by atoms with Crippen LogP contribution < -0.4 is 10.6 Å². The van der Waals surface area contributed by atoms with Crippen LogP contribution in [0.4, 0.5) is 10.2 Å². The number of nitrogens with two attached hydrogens (primary N) is 1. The SMILES string of the molecule is NCC1CCN(c2ccc(F)c(-c3n[nH]c4ncccc34)n2)C1. The van der Waals surface area contributed by atoms with Crippen molar-refractivity contribution in [3.63, 3.8) is 0 Å². The van der Waals surface area contributed by atoms with E-state index in [1.165, 1.54) is 6.07 Å². The van der Waals surface area contributed by atoms with E-state index in [1.807, 2.05) is 6.07 Å². The highest BCUT2D eigenvalue weighted by Crippen LogP contribution is 2.29. The first-order valence-corrected chi connectivity index (χ1v) is 7.67. The number of nitrogens with zero attached hydrogens (tertiary/aromatic N) is 4.